The van der Waals surface area contributed by atoms with Crippen molar-refractivity contribution in [2.24, 2.45) is 0 Å². The molecule has 1 aliphatic heterocycles. The van der Waals surface area contributed by atoms with Crippen molar-refractivity contribution in [2.45, 2.75) is 37.3 Å². The van der Waals surface area contributed by atoms with E-state index < -0.39 is 34.7 Å². The molecule has 2 rings (SSSR count). The number of carboxylic acid groups (broad SMARTS) is 1. The van der Waals surface area contributed by atoms with Crippen LogP contribution in [0.4, 0.5) is 0 Å². The fourth-order valence-corrected chi connectivity index (χ4v) is 4.32. The van der Waals surface area contributed by atoms with Crippen LogP contribution >= 0.6 is 0 Å². The van der Waals surface area contributed by atoms with E-state index in [0.717, 1.165) is 5.56 Å². The van der Waals surface area contributed by atoms with Gasteiger partial charge in [0.1, 0.15) is 12.4 Å². The average Bonchev–Trinajstić information content (AvgIpc) is 2.53. The Bertz CT molecular complexity index is 732. The number of aryl methyl sites for hydroxylation is 2. The molecule has 1 aromatic carbocycles. The maximum absolute atomic E-state index is 12.8. The van der Waals surface area contributed by atoms with Crippen molar-refractivity contribution in [2.75, 3.05) is 26.9 Å². The van der Waals surface area contributed by atoms with Crippen LogP contribution in [0.1, 0.15) is 17.5 Å². The van der Waals surface area contributed by atoms with Gasteiger partial charge in [-0.2, -0.15) is 0 Å². The summed E-state index contributed by atoms with van der Waals surface area (Å²) < 4.78 is 44.0. The van der Waals surface area contributed by atoms with Gasteiger partial charge in [-0.05, 0) is 31.4 Å². The Morgan fingerprint density at radius 3 is 2.72 bits per heavy atom. The van der Waals surface area contributed by atoms with Crippen LogP contribution in [0, 0.1) is 13.8 Å². The Labute approximate surface area is 147 Å². The molecule has 140 valence electrons. The summed E-state index contributed by atoms with van der Waals surface area (Å²) in [5.74, 6) is -0.636. The first-order valence-electron chi connectivity index (χ1n) is 7.83. The molecule has 0 spiro atoms. The van der Waals surface area contributed by atoms with E-state index in [0.29, 0.717) is 24.3 Å². The summed E-state index contributed by atoms with van der Waals surface area (Å²) in [4.78, 5) is 10.8. The summed E-state index contributed by atoms with van der Waals surface area (Å²) in [5.41, 5.74) is 1.44. The fraction of sp³-hybridized carbons (Fsp3) is 0.562. The molecule has 1 aromatic rings. The minimum Gasteiger partial charge on any atom is -0.496 e. The number of carbonyl (C=O) groups is 1. The number of methoxy groups -OCH3 is 1. The van der Waals surface area contributed by atoms with E-state index in [-0.39, 0.29) is 11.5 Å². The van der Waals surface area contributed by atoms with Crippen LogP contribution < -0.4 is 9.46 Å². The number of aliphatic carboxylic acids is 1. The van der Waals surface area contributed by atoms with Gasteiger partial charge in [-0.15, -0.1) is 0 Å². The van der Waals surface area contributed by atoms with Crippen LogP contribution in [0.5, 0.6) is 5.75 Å². The number of benzene rings is 1. The summed E-state index contributed by atoms with van der Waals surface area (Å²) in [5, 5.41) is 8.74. The number of hydrogen-bond acceptors (Lipinski definition) is 6. The van der Waals surface area contributed by atoms with Crippen molar-refractivity contribution in [1.82, 2.24) is 4.72 Å². The molecule has 2 N–H and O–H groups in total. The number of hydrogen-bond donors (Lipinski definition) is 2. The lowest BCUT2D eigenvalue weighted by atomic mass is 10.1. The molecule has 0 unspecified atom stereocenters. The first-order valence-corrected chi connectivity index (χ1v) is 9.31. The highest BCUT2D eigenvalue weighted by molar-refractivity contribution is 7.89. The molecule has 1 saturated heterocycles. The second kappa shape index (κ2) is 8.13. The molecule has 1 fully saturated rings. The van der Waals surface area contributed by atoms with Crippen LogP contribution in [0.15, 0.2) is 17.0 Å². The maximum atomic E-state index is 12.8. The molecule has 0 bridgehead atoms. The lowest BCUT2D eigenvalue weighted by Gasteiger charge is -2.31. The van der Waals surface area contributed by atoms with Crippen LogP contribution in [0.2, 0.25) is 0 Å². The summed E-state index contributed by atoms with van der Waals surface area (Å²) in [6, 6.07) is 2.67. The average molecular weight is 373 g/mol. The van der Waals surface area contributed by atoms with E-state index >= 15 is 0 Å². The largest absolute Gasteiger partial charge is 0.496 e. The summed E-state index contributed by atoms with van der Waals surface area (Å²) in [7, 11) is -2.34. The summed E-state index contributed by atoms with van der Waals surface area (Å²) in [6.45, 7) is 3.55. The molecular weight excluding hydrogens is 350 g/mol. The molecule has 0 aromatic heterocycles. The van der Waals surface area contributed by atoms with E-state index in [4.69, 9.17) is 19.3 Å². The zero-order chi connectivity index (χ0) is 18.6. The second-order valence-electron chi connectivity index (χ2n) is 5.92. The standard InChI is InChI=1S/C16H23NO7S/c1-10-6-11(2)15(7-13(10)22-3)25(20,21)17-12-4-5-23-8-14(12)24-9-16(18)19/h6-7,12,14,17H,4-5,8-9H2,1-3H3,(H,18,19)/t12-,14-/m1/s1. The van der Waals surface area contributed by atoms with Crippen LogP contribution in [-0.4, -0.2) is 58.6 Å². The topological polar surface area (TPSA) is 111 Å². The lowest BCUT2D eigenvalue weighted by molar-refractivity contribution is -0.148. The van der Waals surface area contributed by atoms with Crippen molar-refractivity contribution in [1.29, 1.82) is 0 Å². The number of nitrogens with one attached hydrogen (secondary N) is 1. The highest BCUT2D eigenvalue weighted by Crippen LogP contribution is 2.26. The van der Waals surface area contributed by atoms with E-state index in [9.17, 15) is 13.2 Å². The third-order valence-electron chi connectivity index (χ3n) is 4.01. The lowest BCUT2D eigenvalue weighted by Crippen LogP contribution is -2.50. The normalized spacial score (nSPS) is 21.1. The van der Waals surface area contributed by atoms with E-state index in [1.54, 1.807) is 13.0 Å². The minimum atomic E-state index is -3.82. The third kappa shape index (κ3) is 4.91. The Morgan fingerprint density at radius 2 is 2.08 bits per heavy atom. The summed E-state index contributed by atoms with van der Waals surface area (Å²) in [6.07, 6.45) is -0.266. The molecular formula is C16H23NO7S. The number of carboxylic acids is 1. The molecule has 0 amide bonds. The number of sulfonamides is 1. The second-order valence-corrected chi connectivity index (χ2v) is 7.60. The van der Waals surface area contributed by atoms with E-state index in [1.165, 1.54) is 13.2 Å². The van der Waals surface area contributed by atoms with Gasteiger partial charge in [-0.25, -0.2) is 17.9 Å². The van der Waals surface area contributed by atoms with Gasteiger partial charge in [0.15, 0.2) is 0 Å². The molecule has 1 aliphatic rings. The summed E-state index contributed by atoms with van der Waals surface area (Å²) >= 11 is 0. The number of ether oxygens (including phenoxy) is 3. The zero-order valence-electron chi connectivity index (χ0n) is 14.4. The van der Waals surface area contributed by atoms with E-state index in [2.05, 4.69) is 4.72 Å². The maximum Gasteiger partial charge on any atom is 0.329 e. The molecule has 0 radical (unpaired) electrons. The van der Waals surface area contributed by atoms with E-state index in [1.807, 2.05) is 6.92 Å². The molecule has 1 heterocycles. The Balaban J connectivity index is 2.23. The number of rotatable bonds is 7. The van der Waals surface area contributed by atoms with Crippen LogP contribution in [0.25, 0.3) is 0 Å². The van der Waals surface area contributed by atoms with Gasteiger partial charge in [0, 0.05) is 12.7 Å². The predicted octanol–water partition coefficient (Wildman–Crippen LogP) is 0.849. The fourth-order valence-electron chi connectivity index (χ4n) is 2.78. The smallest absolute Gasteiger partial charge is 0.329 e. The third-order valence-corrected chi connectivity index (χ3v) is 5.65. The van der Waals surface area contributed by atoms with Gasteiger partial charge in [0.05, 0.1) is 30.8 Å². The van der Waals surface area contributed by atoms with Gasteiger partial charge in [-0.3, -0.25) is 0 Å². The quantitative estimate of drug-likeness (QED) is 0.729. The van der Waals surface area contributed by atoms with Crippen LogP contribution in [0.3, 0.4) is 0 Å². The van der Waals surface area contributed by atoms with Crippen LogP contribution in [-0.2, 0) is 24.3 Å². The van der Waals surface area contributed by atoms with Crippen molar-refractivity contribution in [3.8, 4) is 5.75 Å². The Hall–Kier alpha value is -1.68. The van der Waals surface area contributed by atoms with Gasteiger partial charge in [-0.1, -0.05) is 6.07 Å². The highest BCUT2D eigenvalue weighted by atomic mass is 32.2. The van der Waals surface area contributed by atoms with Gasteiger partial charge < -0.3 is 19.3 Å². The van der Waals surface area contributed by atoms with Gasteiger partial charge in [0.25, 0.3) is 0 Å². The first kappa shape index (κ1) is 19.6. The Kier molecular flexibility index (Phi) is 6.39. The molecule has 9 heteroatoms. The monoisotopic (exact) mass is 373 g/mol. The molecule has 0 aliphatic carbocycles. The molecule has 25 heavy (non-hydrogen) atoms. The first-order chi connectivity index (χ1) is 11.7. The minimum absolute atomic E-state index is 0.124. The van der Waals surface area contributed by atoms with Gasteiger partial charge in [0.2, 0.25) is 10.0 Å². The van der Waals surface area contributed by atoms with Crippen molar-refractivity contribution < 1.29 is 32.5 Å². The SMILES string of the molecule is COc1cc(S(=O)(=O)N[C@@H]2CCOC[C@H]2OCC(=O)O)c(C)cc1C. The molecule has 8 nitrogen and oxygen atoms in total. The molecule has 2 atom stereocenters. The predicted molar refractivity (Wildman–Crippen MR) is 89.4 cm³/mol. The molecule has 0 saturated carbocycles. The van der Waals surface area contributed by atoms with Gasteiger partial charge >= 0.3 is 5.97 Å². The van der Waals surface area contributed by atoms with Crippen molar-refractivity contribution >= 4 is 16.0 Å². The highest BCUT2D eigenvalue weighted by Gasteiger charge is 2.32. The zero-order valence-corrected chi connectivity index (χ0v) is 15.3. The van der Waals surface area contributed by atoms with Crippen molar-refractivity contribution in [3.05, 3.63) is 23.3 Å². The Morgan fingerprint density at radius 1 is 1.36 bits per heavy atom. The van der Waals surface area contributed by atoms with Crippen molar-refractivity contribution in [3.63, 3.8) is 0 Å².